The molecule has 3 aromatic carbocycles. The molecular weight excluding hydrogens is 479 g/mol. The van der Waals surface area contributed by atoms with Crippen molar-refractivity contribution in [2.24, 2.45) is 0 Å². The third-order valence-corrected chi connectivity index (χ3v) is 7.82. The zero-order chi connectivity index (χ0) is 25.7. The van der Waals surface area contributed by atoms with Crippen LogP contribution in [0.3, 0.4) is 0 Å². The quantitative estimate of drug-likeness (QED) is 0.374. The second-order valence-electron chi connectivity index (χ2n) is 9.82. The van der Waals surface area contributed by atoms with Gasteiger partial charge in [-0.15, -0.1) is 0 Å². The lowest BCUT2D eigenvalue weighted by Crippen LogP contribution is -2.43. The Hall–Kier alpha value is -3.74. The van der Waals surface area contributed by atoms with Crippen molar-refractivity contribution >= 4 is 11.7 Å². The van der Waals surface area contributed by atoms with Gasteiger partial charge in [-0.3, -0.25) is 4.90 Å². The third-order valence-electron chi connectivity index (χ3n) is 7.82. The van der Waals surface area contributed by atoms with Crippen LogP contribution >= 0.6 is 0 Å². The van der Waals surface area contributed by atoms with Crippen LogP contribution in [0.2, 0.25) is 0 Å². The lowest BCUT2D eigenvalue weighted by molar-refractivity contribution is -0.138. The van der Waals surface area contributed by atoms with Crippen LogP contribution in [-0.4, -0.2) is 36.8 Å². The molecule has 0 spiro atoms. The number of carbonyl (C=O) groups is 1. The number of carbonyl (C=O) groups excluding carboxylic acids is 1. The van der Waals surface area contributed by atoms with Gasteiger partial charge in [0.1, 0.15) is 12.4 Å². The number of hydrogen-bond acceptors (Lipinski definition) is 3. The molecular formula is C30H26F3NO3. The van der Waals surface area contributed by atoms with Crippen molar-refractivity contribution in [3.63, 3.8) is 0 Å². The number of fused-ring (bicyclic) bond motifs is 5. The predicted molar refractivity (Wildman–Crippen MR) is 134 cm³/mol. The standard InChI is InChI=1S/C30H26F3NO3/c1-36-28-13-10-18(16-27(28)30(31,32)33)19-14-20-11-12-21(15-19)34(20)29(35)37-17-26-24-8-4-2-6-22(24)23-7-3-5-9-25(23)26/h2-10,13-14,16,20-21,26H,11-12,15,17H2,1H3. The fourth-order valence-electron chi connectivity index (χ4n) is 6.13. The lowest BCUT2D eigenvalue weighted by atomic mass is 9.93. The number of alkyl halides is 3. The first-order valence-electron chi connectivity index (χ1n) is 12.4. The predicted octanol–water partition coefficient (Wildman–Crippen LogP) is 7.28. The highest BCUT2D eigenvalue weighted by Gasteiger charge is 2.42. The summed E-state index contributed by atoms with van der Waals surface area (Å²) >= 11 is 0. The zero-order valence-corrected chi connectivity index (χ0v) is 20.3. The number of nitrogens with zero attached hydrogens (tertiary/aromatic N) is 1. The van der Waals surface area contributed by atoms with E-state index >= 15 is 0 Å². The van der Waals surface area contributed by atoms with Gasteiger partial charge in [0, 0.05) is 12.0 Å². The number of methoxy groups -OCH3 is 1. The van der Waals surface area contributed by atoms with E-state index < -0.39 is 11.7 Å². The Morgan fingerprint density at radius 1 is 0.973 bits per heavy atom. The molecule has 1 aliphatic carbocycles. The SMILES string of the molecule is COc1ccc(C2=CC3CCC(C2)N3C(=O)OCC2c3ccccc3-c3ccccc32)cc1C(F)(F)F. The zero-order valence-electron chi connectivity index (χ0n) is 20.3. The average molecular weight is 506 g/mol. The van der Waals surface area contributed by atoms with Gasteiger partial charge in [0.05, 0.1) is 18.7 Å². The van der Waals surface area contributed by atoms with Gasteiger partial charge in [0.2, 0.25) is 0 Å². The molecule has 6 rings (SSSR count). The molecule has 0 radical (unpaired) electrons. The van der Waals surface area contributed by atoms with Gasteiger partial charge in [0.25, 0.3) is 0 Å². The second kappa shape index (κ2) is 8.98. The molecule has 190 valence electrons. The van der Waals surface area contributed by atoms with Gasteiger partial charge >= 0.3 is 12.3 Å². The van der Waals surface area contributed by atoms with E-state index in [1.165, 1.54) is 24.3 Å². The first-order chi connectivity index (χ1) is 17.8. The molecule has 37 heavy (non-hydrogen) atoms. The number of hydrogen-bond donors (Lipinski definition) is 0. The lowest BCUT2D eigenvalue weighted by Gasteiger charge is -2.33. The van der Waals surface area contributed by atoms with Crippen LogP contribution < -0.4 is 4.74 Å². The normalized spacial score (nSPS) is 20.3. The Labute approximate surface area is 213 Å². The highest BCUT2D eigenvalue weighted by atomic mass is 19.4. The van der Waals surface area contributed by atoms with Gasteiger partial charge < -0.3 is 9.47 Å². The maximum atomic E-state index is 13.5. The summed E-state index contributed by atoms with van der Waals surface area (Å²) in [5.74, 6) is -0.221. The summed E-state index contributed by atoms with van der Waals surface area (Å²) in [5, 5.41) is 0. The number of ether oxygens (including phenoxy) is 2. The third kappa shape index (κ3) is 4.06. The van der Waals surface area contributed by atoms with E-state index in [0.717, 1.165) is 35.6 Å². The van der Waals surface area contributed by atoms with Crippen LogP contribution in [0.1, 0.15) is 47.4 Å². The fourth-order valence-corrected chi connectivity index (χ4v) is 6.13. The number of halogens is 3. The molecule has 1 amide bonds. The van der Waals surface area contributed by atoms with Crippen LogP contribution in [0, 0.1) is 0 Å². The van der Waals surface area contributed by atoms with Gasteiger partial charge in [-0.2, -0.15) is 13.2 Å². The Kier molecular flexibility index (Phi) is 5.74. The fraction of sp³-hybridized carbons (Fsp3) is 0.300. The molecule has 2 bridgehead atoms. The molecule has 0 aromatic heterocycles. The van der Waals surface area contributed by atoms with E-state index in [1.54, 1.807) is 11.0 Å². The molecule has 3 aliphatic rings. The van der Waals surface area contributed by atoms with Gasteiger partial charge in [-0.1, -0.05) is 60.7 Å². The molecule has 2 unspecified atom stereocenters. The Balaban J connectivity index is 1.20. The molecule has 4 nitrogen and oxygen atoms in total. The molecule has 3 aromatic rings. The summed E-state index contributed by atoms with van der Waals surface area (Å²) in [5.41, 5.74) is 5.19. The minimum absolute atomic E-state index is 0.0232. The molecule has 7 heteroatoms. The van der Waals surface area contributed by atoms with E-state index in [1.807, 2.05) is 30.3 Å². The molecule has 0 saturated carbocycles. The van der Waals surface area contributed by atoms with E-state index in [0.29, 0.717) is 12.0 Å². The number of benzene rings is 3. The van der Waals surface area contributed by atoms with Crippen LogP contribution in [0.5, 0.6) is 5.75 Å². The molecule has 1 fully saturated rings. The largest absolute Gasteiger partial charge is 0.496 e. The van der Waals surface area contributed by atoms with Crippen LogP contribution in [0.25, 0.3) is 16.7 Å². The Morgan fingerprint density at radius 2 is 1.65 bits per heavy atom. The summed E-state index contributed by atoms with van der Waals surface area (Å²) in [6.07, 6.45) is -0.909. The molecule has 2 atom stereocenters. The molecule has 1 saturated heterocycles. The van der Waals surface area contributed by atoms with Gasteiger partial charge in [0.15, 0.2) is 0 Å². The monoisotopic (exact) mass is 505 g/mol. The Morgan fingerprint density at radius 3 is 2.27 bits per heavy atom. The first kappa shape index (κ1) is 23.6. The van der Waals surface area contributed by atoms with E-state index in [9.17, 15) is 18.0 Å². The minimum atomic E-state index is -4.51. The molecule has 0 N–H and O–H groups in total. The van der Waals surface area contributed by atoms with E-state index in [4.69, 9.17) is 9.47 Å². The topological polar surface area (TPSA) is 38.8 Å². The van der Waals surface area contributed by atoms with Crippen molar-refractivity contribution in [3.8, 4) is 16.9 Å². The van der Waals surface area contributed by atoms with Crippen LogP contribution in [0.15, 0.2) is 72.8 Å². The van der Waals surface area contributed by atoms with Crippen molar-refractivity contribution < 1.29 is 27.4 Å². The summed E-state index contributed by atoms with van der Waals surface area (Å²) in [7, 11) is 1.23. The van der Waals surface area contributed by atoms with Crippen LogP contribution in [-0.2, 0) is 10.9 Å². The summed E-state index contributed by atoms with van der Waals surface area (Å²) in [4.78, 5) is 15.0. The van der Waals surface area contributed by atoms with Crippen molar-refractivity contribution in [3.05, 3.63) is 95.1 Å². The van der Waals surface area contributed by atoms with Crippen molar-refractivity contribution in [2.75, 3.05) is 13.7 Å². The summed E-state index contributed by atoms with van der Waals surface area (Å²) in [6, 6.07) is 20.2. The van der Waals surface area contributed by atoms with Crippen molar-refractivity contribution in [2.45, 2.75) is 43.4 Å². The maximum absolute atomic E-state index is 13.5. The highest BCUT2D eigenvalue weighted by molar-refractivity contribution is 5.79. The van der Waals surface area contributed by atoms with Crippen LogP contribution in [0.4, 0.5) is 18.0 Å². The highest BCUT2D eigenvalue weighted by Crippen LogP contribution is 2.45. The van der Waals surface area contributed by atoms with E-state index in [2.05, 4.69) is 24.3 Å². The van der Waals surface area contributed by atoms with Crippen molar-refractivity contribution in [1.29, 1.82) is 0 Å². The minimum Gasteiger partial charge on any atom is -0.496 e. The smallest absolute Gasteiger partial charge is 0.419 e. The molecule has 2 heterocycles. The maximum Gasteiger partial charge on any atom is 0.419 e. The average Bonchev–Trinajstić information content (AvgIpc) is 3.36. The van der Waals surface area contributed by atoms with Gasteiger partial charge in [-0.05, 0) is 64.8 Å². The second-order valence-corrected chi connectivity index (χ2v) is 9.82. The molecule has 2 aliphatic heterocycles. The number of rotatable bonds is 4. The Bertz CT molecular complexity index is 1350. The van der Waals surface area contributed by atoms with E-state index in [-0.39, 0.29) is 36.5 Å². The van der Waals surface area contributed by atoms with Gasteiger partial charge in [-0.25, -0.2) is 4.79 Å². The number of amides is 1. The summed E-state index contributed by atoms with van der Waals surface area (Å²) < 4.78 is 51.4. The van der Waals surface area contributed by atoms with Crippen molar-refractivity contribution in [1.82, 2.24) is 4.90 Å². The first-order valence-corrected chi connectivity index (χ1v) is 12.4. The summed E-state index contributed by atoms with van der Waals surface area (Å²) in [6.45, 7) is 0.243.